The number of methoxy groups -OCH3 is 3. The lowest BCUT2D eigenvalue weighted by Gasteiger charge is -2.12. The third-order valence-corrected chi connectivity index (χ3v) is 5.59. The average Bonchev–Trinajstić information content (AvgIpc) is 2.72. The van der Waals surface area contributed by atoms with E-state index in [1.54, 1.807) is 26.4 Å². The zero-order chi connectivity index (χ0) is 20.7. The second kappa shape index (κ2) is 9.43. The molecule has 0 aliphatic carbocycles. The number of carbonyl (C=O) groups is 1. The molecule has 0 spiro atoms. The molecule has 0 heterocycles. The number of carbonyl (C=O) groups excluding carboxylic acids is 1. The highest BCUT2D eigenvalue weighted by molar-refractivity contribution is 7.89. The molecular formula is C19H24N2O6S. The van der Waals surface area contributed by atoms with Crippen molar-refractivity contribution < 1.29 is 27.4 Å². The van der Waals surface area contributed by atoms with Gasteiger partial charge in [0.25, 0.3) is 5.91 Å². The van der Waals surface area contributed by atoms with Crippen LogP contribution in [0.15, 0.2) is 41.3 Å². The number of nitrogens with one attached hydrogen (secondary N) is 2. The molecule has 8 nitrogen and oxygen atoms in total. The quantitative estimate of drug-likeness (QED) is 0.653. The van der Waals surface area contributed by atoms with Crippen LogP contribution < -0.4 is 24.2 Å². The zero-order valence-electron chi connectivity index (χ0n) is 16.2. The third kappa shape index (κ3) is 4.93. The summed E-state index contributed by atoms with van der Waals surface area (Å²) in [6, 6.07) is 9.68. The molecule has 0 aliphatic heterocycles. The summed E-state index contributed by atoms with van der Waals surface area (Å²) in [5.41, 5.74) is 1.10. The Labute approximate surface area is 164 Å². The van der Waals surface area contributed by atoms with Gasteiger partial charge in [-0.1, -0.05) is 0 Å². The van der Waals surface area contributed by atoms with E-state index in [0.717, 1.165) is 5.56 Å². The second-order valence-electron chi connectivity index (χ2n) is 5.76. The first kappa shape index (κ1) is 21.5. The topological polar surface area (TPSA) is 103 Å². The van der Waals surface area contributed by atoms with Crippen molar-refractivity contribution in [2.75, 3.05) is 34.9 Å². The Morgan fingerprint density at radius 1 is 0.964 bits per heavy atom. The summed E-state index contributed by atoms with van der Waals surface area (Å²) in [7, 11) is 2.05. The number of sulfonamides is 1. The van der Waals surface area contributed by atoms with E-state index in [1.807, 2.05) is 6.07 Å². The van der Waals surface area contributed by atoms with Crippen LogP contribution >= 0.6 is 0 Å². The van der Waals surface area contributed by atoms with Gasteiger partial charge >= 0.3 is 0 Å². The van der Waals surface area contributed by atoms with Gasteiger partial charge in [0.2, 0.25) is 10.0 Å². The van der Waals surface area contributed by atoms with E-state index in [9.17, 15) is 13.2 Å². The van der Waals surface area contributed by atoms with Gasteiger partial charge < -0.3 is 19.5 Å². The van der Waals surface area contributed by atoms with Gasteiger partial charge in [-0.15, -0.1) is 0 Å². The molecule has 0 saturated carbocycles. The molecule has 2 aromatic carbocycles. The van der Waals surface area contributed by atoms with Gasteiger partial charge in [0.15, 0.2) is 0 Å². The maximum Gasteiger partial charge on any atom is 0.251 e. The van der Waals surface area contributed by atoms with Crippen LogP contribution in [0.4, 0.5) is 0 Å². The predicted octanol–water partition coefficient (Wildman–Crippen LogP) is 1.59. The maximum atomic E-state index is 12.5. The van der Waals surface area contributed by atoms with Gasteiger partial charge in [-0.2, -0.15) is 0 Å². The highest BCUT2D eigenvalue weighted by atomic mass is 32.2. The summed E-state index contributed by atoms with van der Waals surface area (Å²) >= 11 is 0. The van der Waals surface area contributed by atoms with Crippen molar-refractivity contribution in [3.63, 3.8) is 0 Å². The van der Waals surface area contributed by atoms with Crippen molar-refractivity contribution >= 4 is 15.9 Å². The van der Waals surface area contributed by atoms with Gasteiger partial charge in [-0.3, -0.25) is 4.79 Å². The smallest absolute Gasteiger partial charge is 0.251 e. The Morgan fingerprint density at radius 2 is 1.64 bits per heavy atom. The minimum absolute atomic E-state index is 0.0976. The molecule has 2 aromatic rings. The van der Waals surface area contributed by atoms with Crippen LogP contribution in [0.3, 0.4) is 0 Å². The molecule has 28 heavy (non-hydrogen) atoms. The lowest BCUT2D eigenvalue weighted by atomic mass is 10.1. The first-order chi connectivity index (χ1) is 13.4. The van der Waals surface area contributed by atoms with Crippen molar-refractivity contribution in [2.45, 2.75) is 11.3 Å². The predicted molar refractivity (Wildman–Crippen MR) is 105 cm³/mol. The highest BCUT2D eigenvalue weighted by Crippen LogP contribution is 2.25. The van der Waals surface area contributed by atoms with E-state index < -0.39 is 15.9 Å². The molecule has 0 unspecified atom stereocenters. The van der Waals surface area contributed by atoms with Crippen molar-refractivity contribution in [1.29, 1.82) is 0 Å². The van der Waals surface area contributed by atoms with Crippen LogP contribution in [0.2, 0.25) is 0 Å². The van der Waals surface area contributed by atoms with Crippen molar-refractivity contribution in [3.8, 4) is 17.2 Å². The Bertz CT molecular complexity index is 943. The summed E-state index contributed by atoms with van der Waals surface area (Å²) in [6.45, 7) is 0.336. The first-order valence-electron chi connectivity index (χ1n) is 8.47. The Balaban J connectivity index is 2.13. The molecule has 2 rings (SSSR count). The van der Waals surface area contributed by atoms with E-state index in [0.29, 0.717) is 24.5 Å². The number of amides is 1. The maximum absolute atomic E-state index is 12.5. The lowest BCUT2D eigenvalue weighted by molar-refractivity contribution is 0.0954. The van der Waals surface area contributed by atoms with Crippen LogP contribution in [0.1, 0.15) is 15.9 Å². The van der Waals surface area contributed by atoms with Crippen LogP contribution in [-0.4, -0.2) is 49.2 Å². The Hall–Kier alpha value is -2.78. The van der Waals surface area contributed by atoms with Crippen molar-refractivity contribution in [2.24, 2.45) is 0 Å². The monoisotopic (exact) mass is 408 g/mol. The van der Waals surface area contributed by atoms with Gasteiger partial charge in [0, 0.05) is 12.1 Å². The van der Waals surface area contributed by atoms with Crippen molar-refractivity contribution in [1.82, 2.24) is 10.0 Å². The van der Waals surface area contributed by atoms with Gasteiger partial charge in [-0.05, 0) is 55.4 Å². The SMILES string of the molecule is CNS(=O)(=O)c1cc(C(=O)NCCc2cc(OC)ccc2OC)ccc1OC. The Kier molecular flexibility index (Phi) is 7.24. The number of ether oxygens (including phenoxy) is 3. The van der Waals surface area contributed by atoms with E-state index in [2.05, 4.69) is 10.0 Å². The molecule has 2 N–H and O–H groups in total. The average molecular weight is 408 g/mol. The van der Waals surface area contributed by atoms with Gasteiger partial charge in [-0.25, -0.2) is 13.1 Å². The normalized spacial score (nSPS) is 11.0. The highest BCUT2D eigenvalue weighted by Gasteiger charge is 2.20. The summed E-state index contributed by atoms with van der Waals surface area (Å²) in [4.78, 5) is 12.4. The standard InChI is InChI=1S/C19H24N2O6S/c1-20-28(23,24)18-12-14(5-7-17(18)27-4)19(22)21-10-9-13-11-15(25-2)6-8-16(13)26-3/h5-8,11-12,20H,9-10H2,1-4H3,(H,21,22). The number of rotatable bonds is 9. The molecule has 0 aromatic heterocycles. The van der Waals surface area contributed by atoms with E-state index in [1.165, 1.54) is 32.4 Å². The fourth-order valence-corrected chi connectivity index (χ4v) is 3.55. The Morgan fingerprint density at radius 3 is 2.25 bits per heavy atom. The minimum atomic E-state index is -3.76. The fourth-order valence-electron chi connectivity index (χ4n) is 2.63. The summed E-state index contributed by atoms with van der Waals surface area (Å²) in [5, 5.41) is 2.78. The summed E-state index contributed by atoms with van der Waals surface area (Å²) in [5.74, 6) is 1.16. The molecule has 9 heteroatoms. The largest absolute Gasteiger partial charge is 0.497 e. The number of hydrogen-bond donors (Lipinski definition) is 2. The minimum Gasteiger partial charge on any atom is -0.497 e. The molecular weight excluding hydrogens is 384 g/mol. The first-order valence-corrected chi connectivity index (χ1v) is 9.95. The number of benzene rings is 2. The number of hydrogen-bond acceptors (Lipinski definition) is 6. The van der Waals surface area contributed by atoms with Crippen LogP contribution in [0, 0.1) is 0 Å². The summed E-state index contributed by atoms with van der Waals surface area (Å²) in [6.07, 6.45) is 0.518. The molecule has 0 bridgehead atoms. The van der Waals surface area contributed by atoms with Gasteiger partial charge in [0.05, 0.1) is 21.3 Å². The van der Waals surface area contributed by atoms with Crippen LogP contribution in [-0.2, 0) is 16.4 Å². The third-order valence-electron chi connectivity index (χ3n) is 4.15. The summed E-state index contributed by atoms with van der Waals surface area (Å²) < 4.78 is 42.1. The van der Waals surface area contributed by atoms with E-state index in [4.69, 9.17) is 14.2 Å². The van der Waals surface area contributed by atoms with E-state index in [-0.39, 0.29) is 16.2 Å². The van der Waals surface area contributed by atoms with E-state index >= 15 is 0 Å². The molecule has 152 valence electrons. The van der Waals surface area contributed by atoms with Crippen molar-refractivity contribution in [3.05, 3.63) is 47.5 Å². The molecule has 0 saturated heterocycles. The second-order valence-corrected chi connectivity index (χ2v) is 7.61. The zero-order valence-corrected chi connectivity index (χ0v) is 17.1. The molecule has 0 fully saturated rings. The fraction of sp³-hybridized carbons (Fsp3) is 0.316. The molecule has 0 aliphatic rings. The molecule has 0 radical (unpaired) electrons. The van der Waals surface area contributed by atoms with Crippen LogP contribution in [0.5, 0.6) is 17.2 Å². The lowest BCUT2D eigenvalue weighted by Crippen LogP contribution is -2.26. The van der Waals surface area contributed by atoms with Crippen LogP contribution in [0.25, 0.3) is 0 Å². The molecule has 1 amide bonds. The molecule has 0 atom stereocenters. The van der Waals surface area contributed by atoms with Gasteiger partial charge in [0.1, 0.15) is 22.1 Å².